The first-order chi connectivity index (χ1) is 11.8. The Morgan fingerprint density at radius 2 is 2.04 bits per heavy atom. The zero-order valence-electron chi connectivity index (χ0n) is 13.5. The number of imidazole rings is 1. The zero-order chi connectivity index (χ0) is 16.1. The number of hydrogen-bond acceptors (Lipinski definition) is 4. The molecule has 4 heterocycles. The van der Waals surface area contributed by atoms with Crippen LogP contribution >= 0.6 is 0 Å². The van der Waals surface area contributed by atoms with E-state index in [9.17, 15) is 0 Å². The van der Waals surface area contributed by atoms with Crippen LogP contribution < -0.4 is 4.90 Å². The van der Waals surface area contributed by atoms with Crippen LogP contribution in [-0.4, -0.2) is 20.7 Å². The molecule has 0 saturated heterocycles. The number of fused-ring (bicyclic) bond motifs is 2. The Kier molecular flexibility index (Phi) is 2.82. The summed E-state index contributed by atoms with van der Waals surface area (Å²) in [5.41, 5.74) is 7.05. The summed E-state index contributed by atoms with van der Waals surface area (Å²) in [5.74, 6) is 1.96. The second-order valence-corrected chi connectivity index (χ2v) is 6.33. The quantitative estimate of drug-likeness (QED) is 0.791. The minimum atomic E-state index is 0.765. The Morgan fingerprint density at radius 1 is 1.12 bits per heavy atom. The van der Waals surface area contributed by atoms with Gasteiger partial charge in [-0.05, 0) is 24.6 Å². The van der Waals surface area contributed by atoms with Crippen LogP contribution in [0.5, 0.6) is 0 Å². The van der Waals surface area contributed by atoms with Gasteiger partial charge in [0.1, 0.15) is 11.6 Å². The number of aromatic amines is 1. The van der Waals surface area contributed by atoms with E-state index >= 15 is 0 Å². The van der Waals surface area contributed by atoms with Gasteiger partial charge in [0.2, 0.25) is 0 Å². The van der Waals surface area contributed by atoms with Gasteiger partial charge in [0.05, 0.1) is 36.7 Å². The van der Waals surface area contributed by atoms with Gasteiger partial charge in [-0.25, -0.2) is 9.97 Å². The van der Waals surface area contributed by atoms with Crippen molar-refractivity contribution in [3.63, 3.8) is 0 Å². The maximum Gasteiger partial charge on any atom is 0.129 e. The van der Waals surface area contributed by atoms with E-state index in [0.717, 1.165) is 48.2 Å². The van der Waals surface area contributed by atoms with E-state index < -0.39 is 0 Å². The number of rotatable bonds is 2. The maximum atomic E-state index is 4.73. The van der Waals surface area contributed by atoms with Gasteiger partial charge in [0.15, 0.2) is 0 Å². The van der Waals surface area contributed by atoms with E-state index in [4.69, 9.17) is 4.99 Å². The first-order valence-electron chi connectivity index (χ1n) is 8.16. The van der Waals surface area contributed by atoms with Crippen molar-refractivity contribution in [1.82, 2.24) is 15.0 Å². The average Bonchev–Trinajstić information content (AvgIpc) is 3.27. The number of nitrogens with one attached hydrogen (secondary N) is 1. The lowest BCUT2D eigenvalue weighted by atomic mass is 10.0. The third-order valence-electron chi connectivity index (χ3n) is 4.70. The predicted molar refractivity (Wildman–Crippen MR) is 93.2 cm³/mol. The van der Waals surface area contributed by atoms with Gasteiger partial charge >= 0.3 is 0 Å². The second kappa shape index (κ2) is 5.03. The van der Waals surface area contributed by atoms with E-state index in [1.807, 2.05) is 19.2 Å². The highest BCUT2D eigenvalue weighted by Crippen LogP contribution is 2.28. The number of anilines is 1. The summed E-state index contributed by atoms with van der Waals surface area (Å²) in [6, 6.07) is 12.6. The lowest BCUT2D eigenvalue weighted by Crippen LogP contribution is -2.17. The number of benzene rings is 1. The van der Waals surface area contributed by atoms with Crippen LogP contribution in [0.15, 0.2) is 47.6 Å². The van der Waals surface area contributed by atoms with Crippen molar-refractivity contribution < 1.29 is 0 Å². The van der Waals surface area contributed by atoms with Crippen molar-refractivity contribution in [2.45, 2.75) is 26.6 Å². The Hall–Kier alpha value is -2.95. The highest BCUT2D eigenvalue weighted by molar-refractivity contribution is 6.15. The predicted octanol–water partition coefficient (Wildman–Crippen LogP) is 2.98. The fourth-order valence-corrected chi connectivity index (χ4v) is 3.56. The summed E-state index contributed by atoms with van der Waals surface area (Å²) in [6.07, 6.45) is 1.87. The largest absolute Gasteiger partial charge is 0.345 e. The molecule has 0 amide bonds. The van der Waals surface area contributed by atoms with Crippen LogP contribution in [-0.2, 0) is 19.6 Å². The number of hydrogen-bond donors (Lipinski definition) is 1. The van der Waals surface area contributed by atoms with Gasteiger partial charge in [-0.2, -0.15) is 0 Å². The van der Waals surface area contributed by atoms with E-state index in [2.05, 4.69) is 50.2 Å². The van der Waals surface area contributed by atoms with Crippen molar-refractivity contribution in [1.29, 1.82) is 0 Å². The van der Waals surface area contributed by atoms with Crippen LogP contribution in [0.3, 0.4) is 0 Å². The molecule has 3 aromatic rings. The number of aryl methyl sites for hydroxylation is 1. The van der Waals surface area contributed by atoms with Gasteiger partial charge in [0, 0.05) is 17.3 Å². The molecule has 2 aromatic heterocycles. The molecule has 5 rings (SSSR count). The number of pyridine rings is 1. The number of H-pyrrole nitrogens is 1. The summed E-state index contributed by atoms with van der Waals surface area (Å²) in [6.45, 7) is 4.40. The summed E-state index contributed by atoms with van der Waals surface area (Å²) in [7, 11) is 0. The van der Waals surface area contributed by atoms with Crippen LogP contribution in [0.2, 0.25) is 0 Å². The Bertz CT molecular complexity index is 946. The van der Waals surface area contributed by atoms with Gasteiger partial charge in [-0.15, -0.1) is 0 Å². The van der Waals surface area contributed by atoms with Crippen LogP contribution in [0.4, 0.5) is 5.82 Å². The first-order valence-corrected chi connectivity index (χ1v) is 8.16. The lowest BCUT2D eigenvalue weighted by Gasteiger charge is -2.17. The molecule has 2 aliphatic rings. The molecule has 5 nitrogen and oxygen atoms in total. The maximum absolute atomic E-state index is 4.73. The Labute approximate surface area is 140 Å². The van der Waals surface area contributed by atoms with E-state index in [1.54, 1.807) is 0 Å². The van der Waals surface area contributed by atoms with Crippen molar-refractivity contribution in [3.8, 4) is 0 Å². The van der Waals surface area contributed by atoms with Gasteiger partial charge in [0.25, 0.3) is 0 Å². The van der Waals surface area contributed by atoms with Gasteiger partial charge < -0.3 is 9.88 Å². The van der Waals surface area contributed by atoms with E-state index in [1.165, 1.54) is 16.8 Å². The molecule has 118 valence electrons. The molecule has 0 fully saturated rings. The standard InChI is InChI=1S/C19H17N5/c1-12-22-16-10-24(11-17(16)23-12)18-8-13(6-7-20-18)19-15-5-3-2-4-14(15)9-21-19/h2-8H,9-11H2,1H3,(H,22,23). The average molecular weight is 315 g/mol. The molecule has 0 radical (unpaired) electrons. The minimum absolute atomic E-state index is 0.765. The van der Waals surface area contributed by atoms with Crippen LogP contribution in [0.1, 0.15) is 33.9 Å². The fraction of sp³-hybridized carbons (Fsp3) is 0.211. The van der Waals surface area contributed by atoms with Crippen molar-refractivity contribution >= 4 is 11.5 Å². The fourth-order valence-electron chi connectivity index (χ4n) is 3.56. The first kappa shape index (κ1) is 13.5. The molecule has 0 aliphatic carbocycles. The SMILES string of the molecule is Cc1nc2c([nH]1)CN(c1cc(C3=NCc4ccccc43)ccn1)C2. The smallest absolute Gasteiger partial charge is 0.129 e. The normalized spacial score (nSPS) is 15.4. The highest BCUT2D eigenvalue weighted by atomic mass is 15.2. The summed E-state index contributed by atoms with van der Waals surface area (Å²) >= 11 is 0. The molecular weight excluding hydrogens is 298 g/mol. The monoisotopic (exact) mass is 315 g/mol. The highest BCUT2D eigenvalue weighted by Gasteiger charge is 2.24. The summed E-state index contributed by atoms with van der Waals surface area (Å²) < 4.78 is 0. The van der Waals surface area contributed by atoms with Crippen LogP contribution in [0.25, 0.3) is 0 Å². The number of aromatic nitrogens is 3. The molecule has 24 heavy (non-hydrogen) atoms. The number of nitrogens with zero attached hydrogens (tertiary/aromatic N) is 4. The van der Waals surface area contributed by atoms with Crippen LogP contribution in [0, 0.1) is 6.92 Å². The molecule has 0 unspecified atom stereocenters. The molecule has 2 aliphatic heterocycles. The van der Waals surface area contributed by atoms with Crippen molar-refractivity contribution in [2.75, 3.05) is 4.90 Å². The molecule has 1 aromatic carbocycles. The molecular formula is C19H17N5. The molecule has 5 heteroatoms. The zero-order valence-corrected chi connectivity index (χ0v) is 13.5. The van der Waals surface area contributed by atoms with E-state index in [0.29, 0.717) is 0 Å². The molecule has 0 spiro atoms. The van der Waals surface area contributed by atoms with Crippen molar-refractivity contribution in [2.24, 2.45) is 4.99 Å². The molecule has 1 N–H and O–H groups in total. The Balaban J connectivity index is 1.47. The summed E-state index contributed by atoms with van der Waals surface area (Å²) in [4.78, 5) is 19.4. The molecule has 0 bridgehead atoms. The summed E-state index contributed by atoms with van der Waals surface area (Å²) in [5, 5.41) is 0. The topological polar surface area (TPSA) is 57.2 Å². The lowest BCUT2D eigenvalue weighted by molar-refractivity contribution is 0.824. The van der Waals surface area contributed by atoms with Crippen molar-refractivity contribution in [3.05, 3.63) is 76.5 Å². The number of aliphatic imine (C=N–C) groups is 1. The van der Waals surface area contributed by atoms with E-state index in [-0.39, 0.29) is 0 Å². The third-order valence-corrected chi connectivity index (χ3v) is 4.70. The Morgan fingerprint density at radius 3 is 2.96 bits per heavy atom. The van der Waals surface area contributed by atoms with Gasteiger partial charge in [-0.3, -0.25) is 4.99 Å². The molecule has 0 atom stereocenters. The second-order valence-electron chi connectivity index (χ2n) is 6.33. The van der Waals surface area contributed by atoms with Gasteiger partial charge in [-0.1, -0.05) is 24.3 Å². The molecule has 0 saturated carbocycles. The third kappa shape index (κ3) is 2.05. The minimum Gasteiger partial charge on any atom is -0.345 e.